The van der Waals surface area contributed by atoms with Gasteiger partial charge in [-0.15, -0.1) is 0 Å². The molecule has 19 heavy (non-hydrogen) atoms. The topological polar surface area (TPSA) is 49.6 Å². The molecule has 1 amide bonds. The molecule has 1 saturated heterocycles. The Bertz CT molecular complexity index is 451. The van der Waals surface area contributed by atoms with Crippen LogP contribution < -0.4 is 5.73 Å². The molecule has 1 fully saturated rings. The Labute approximate surface area is 115 Å². The molecule has 0 aromatic heterocycles. The zero-order valence-corrected chi connectivity index (χ0v) is 11.9. The number of rotatable bonds is 3. The van der Waals surface area contributed by atoms with Gasteiger partial charge in [0.2, 0.25) is 5.91 Å². The summed E-state index contributed by atoms with van der Waals surface area (Å²) in [7, 11) is 0. The van der Waals surface area contributed by atoms with E-state index in [-0.39, 0.29) is 12.5 Å². The maximum absolute atomic E-state index is 11.5. The minimum Gasteiger partial charge on any atom is -0.339 e. The van der Waals surface area contributed by atoms with E-state index >= 15 is 0 Å². The average molecular weight is 261 g/mol. The largest absolute Gasteiger partial charge is 0.339 e. The molecule has 0 bridgehead atoms. The third-order valence-electron chi connectivity index (χ3n) is 3.80. The smallest absolute Gasteiger partial charge is 0.236 e. The Morgan fingerprint density at radius 1 is 1.21 bits per heavy atom. The number of aryl methyl sites for hydroxylation is 2. The lowest BCUT2D eigenvalue weighted by atomic mass is 10.0. The van der Waals surface area contributed by atoms with Gasteiger partial charge in [0.1, 0.15) is 0 Å². The van der Waals surface area contributed by atoms with Gasteiger partial charge in [0.05, 0.1) is 6.54 Å². The van der Waals surface area contributed by atoms with Crippen molar-refractivity contribution in [2.75, 3.05) is 32.7 Å². The van der Waals surface area contributed by atoms with E-state index in [1.807, 2.05) is 4.90 Å². The first kappa shape index (κ1) is 14.0. The van der Waals surface area contributed by atoms with Gasteiger partial charge in [0.25, 0.3) is 0 Å². The van der Waals surface area contributed by atoms with Crippen molar-refractivity contribution >= 4 is 5.91 Å². The molecule has 1 aromatic carbocycles. The van der Waals surface area contributed by atoms with E-state index in [1.54, 1.807) is 0 Å². The number of carbonyl (C=O) groups is 1. The van der Waals surface area contributed by atoms with Gasteiger partial charge in [-0.2, -0.15) is 0 Å². The lowest BCUT2D eigenvalue weighted by Crippen LogP contribution is -2.49. The lowest BCUT2D eigenvalue weighted by molar-refractivity contribution is -0.131. The number of amides is 1. The molecule has 0 spiro atoms. The molecule has 104 valence electrons. The number of hydrogen-bond acceptors (Lipinski definition) is 3. The third-order valence-corrected chi connectivity index (χ3v) is 3.80. The molecule has 2 N–H and O–H groups in total. The second kappa shape index (κ2) is 6.17. The van der Waals surface area contributed by atoms with Crippen LogP contribution in [-0.2, 0) is 11.3 Å². The van der Waals surface area contributed by atoms with E-state index in [9.17, 15) is 4.79 Å². The molecule has 1 aliphatic heterocycles. The van der Waals surface area contributed by atoms with E-state index < -0.39 is 0 Å². The van der Waals surface area contributed by atoms with Gasteiger partial charge in [0, 0.05) is 32.7 Å². The highest BCUT2D eigenvalue weighted by atomic mass is 16.2. The molecule has 1 aliphatic rings. The molecular weight excluding hydrogens is 238 g/mol. The van der Waals surface area contributed by atoms with Gasteiger partial charge in [0.15, 0.2) is 0 Å². The SMILES string of the molecule is Cc1ccc(C)c(CN2CCN(C(=O)CN)CC2)c1. The highest BCUT2D eigenvalue weighted by molar-refractivity contribution is 5.78. The second-order valence-corrected chi connectivity index (χ2v) is 5.29. The number of nitrogens with two attached hydrogens (primary N) is 1. The maximum atomic E-state index is 11.5. The van der Waals surface area contributed by atoms with E-state index in [0.717, 1.165) is 32.7 Å². The lowest BCUT2D eigenvalue weighted by Gasteiger charge is -2.34. The molecular formula is C15H23N3O. The van der Waals surface area contributed by atoms with Crippen LogP contribution in [0.3, 0.4) is 0 Å². The first-order valence-electron chi connectivity index (χ1n) is 6.86. The summed E-state index contributed by atoms with van der Waals surface area (Å²) in [6.07, 6.45) is 0. The molecule has 1 heterocycles. The van der Waals surface area contributed by atoms with E-state index in [1.165, 1.54) is 16.7 Å². The Balaban J connectivity index is 1.92. The summed E-state index contributed by atoms with van der Waals surface area (Å²) in [6, 6.07) is 6.59. The van der Waals surface area contributed by atoms with Crippen molar-refractivity contribution < 1.29 is 4.79 Å². The summed E-state index contributed by atoms with van der Waals surface area (Å²) in [5, 5.41) is 0. The van der Waals surface area contributed by atoms with Crippen LogP contribution in [0.2, 0.25) is 0 Å². The number of carbonyl (C=O) groups excluding carboxylic acids is 1. The van der Waals surface area contributed by atoms with Crippen LogP contribution in [0.5, 0.6) is 0 Å². The molecule has 1 aromatic rings. The fourth-order valence-electron chi connectivity index (χ4n) is 2.50. The monoisotopic (exact) mass is 261 g/mol. The zero-order valence-electron chi connectivity index (χ0n) is 11.9. The quantitative estimate of drug-likeness (QED) is 0.880. The predicted molar refractivity (Wildman–Crippen MR) is 76.8 cm³/mol. The second-order valence-electron chi connectivity index (χ2n) is 5.29. The number of nitrogens with zero attached hydrogens (tertiary/aromatic N) is 2. The van der Waals surface area contributed by atoms with Gasteiger partial charge >= 0.3 is 0 Å². The third kappa shape index (κ3) is 3.55. The van der Waals surface area contributed by atoms with Gasteiger partial charge < -0.3 is 10.6 Å². The Morgan fingerprint density at radius 2 is 1.89 bits per heavy atom. The van der Waals surface area contributed by atoms with Crippen LogP contribution in [0.25, 0.3) is 0 Å². The van der Waals surface area contributed by atoms with Gasteiger partial charge in [-0.1, -0.05) is 23.8 Å². The van der Waals surface area contributed by atoms with Gasteiger partial charge in [-0.25, -0.2) is 0 Å². The first-order chi connectivity index (χ1) is 9.10. The fraction of sp³-hybridized carbons (Fsp3) is 0.533. The number of benzene rings is 1. The van der Waals surface area contributed by atoms with Crippen LogP contribution in [0.4, 0.5) is 0 Å². The summed E-state index contributed by atoms with van der Waals surface area (Å²) in [5.41, 5.74) is 9.42. The van der Waals surface area contributed by atoms with E-state index in [0.29, 0.717) is 0 Å². The van der Waals surface area contributed by atoms with Crippen molar-refractivity contribution in [2.24, 2.45) is 5.73 Å². The van der Waals surface area contributed by atoms with Crippen LogP contribution in [0.1, 0.15) is 16.7 Å². The molecule has 4 heteroatoms. The predicted octanol–water partition coefficient (Wildman–Crippen LogP) is 0.906. The van der Waals surface area contributed by atoms with Crippen LogP contribution >= 0.6 is 0 Å². The normalized spacial score (nSPS) is 16.7. The molecule has 4 nitrogen and oxygen atoms in total. The van der Waals surface area contributed by atoms with E-state index in [4.69, 9.17) is 5.73 Å². The van der Waals surface area contributed by atoms with Crippen molar-refractivity contribution in [1.82, 2.24) is 9.80 Å². The fourth-order valence-corrected chi connectivity index (χ4v) is 2.50. The van der Waals surface area contributed by atoms with Crippen molar-refractivity contribution in [1.29, 1.82) is 0 Å². The molecule has 0 unspecified atom stereocenters. The number of hydrogen-bond donors (Lipinski definition) is 1. The molecule has 2 rings (SSSR count). The van der Waals surface area contributed by atoms with Crippen LogP contribution in [-0.4, -0.2) is 48.4 Å². The zero-order chi connectivity index (χ0) is 13.8. The van der Waals surface area contributed by atoms with Crippen molar-refractivity contribution in [3.05, 3.63) is 34.9 Å². The average Bonchev–Trinajstić information content (AvgIpc) is 2.43. The maximum Gasteiger partial charge on any atom is 0.236 e. The molecule has 0 aliphatic carbocycles. The first-order valence-corrected chi connectivity index (χ1v) is 6.86. The number of piperazine rings is 1. The summed E-state index contributed by atoms with van der Waals surface area (Å²) < 4.78 is 0. The van der Waals surface area contributed by atoms with Crippen molar-refractivity contribution in [3.8, 4) is 0 Å². The van der Waals surface area contributed by atoms with Crippen molar-refractivity contribution in [2.45, 2.75) is 20.4 Å². The standard InChI is InChI=1S/C15H23N3O/c1-12-3-4-13(2)14(9-12)11-17-5-7-18(8-6-17)15(19)10-16/h3-4,9H,5-8,10-11,16H2,1-2H3. The Hall–Kier alpha value is -1.39. The Morgan fingerprint density at radius 3 is 2.53 bits per heavy atom. The van der Waals surface area contributed by atoms with Crippen LogP contribution in [0.15, 0.2) is 18.2 Å². The minimum atomic E-state index is 0.0615. The highest BCUT2D eigenvalue weighted by Gasteiger charge is 2.20. The minimum absolute atomic E-state index is 0.0615. The molecule has 0 atom stereocenters. The highest BCUT2D eigenvalue weighted by Crippen LogP contribution is 2.14. The summed E-state index contributed by atoms with van der Waals surface area (Å²) >= 11 is 0. The molecule has 0 saturated carbocycles. The molecule has 0 radical (unpaired) electrons. The summed E-state index contributed by atoms with van der Waals surface area (Å²) in [6.45, 7) is 8.82. The van der Waals surface area contributed by atoms with Crippen LogP contribution in [0, 0.1) is 13.8 Å². The summed E-state index contributed by atoms with van der Waals surface area (Å²) in [5.74, 6) is 0.0615. The van der Waals surface area contributed by atoms with E-state index in [2.05, 4.69) is 36.9 Å². The van der Waals surface area contributed by atoms with Gasteiger partial charge in [-0.3, -0.25) is 9.69 Å². The van der Waals surface area contributed by atoms with Crippen molar-refractivity contribution in [3.63, 3.8) is 0 Å². The Kier molecular flexibility index (Phi) is 4.56. The summed E-state index contributed by atoms with van der Waals surface area (Å²) in [4.78, 5) is 15.8. The van der Waals surface area contributed by atoms with Gasteiger partial charge in [-0.05, 0) is 25.0 Å².